The molecule has 9 heteroatoms. The minimum absolute atomic E-state index is 0.151. The molecule has 38 heavy (non-hydrogen) atoms. The van der Waals surface area contributed by atoms with Gasteiger partial charge in [0.15, 0.2) is 0 Å². The molecule has 4 rings (SSSR count). The van der Waals surface area contributed by atoms with Gasteiger partial charge in [0.2, 0.25) is 5.91 Å². The number of ether oxygens (including phenoxy) is 1. The number of anilines is 2. The number of carboxylic acids is 1. The lowest BCUT2D eigenvalue weighted by Gasteiger charge is -2.39. The van der Waals surface area contributed by atoms with E-state index < -0.39 is 47.5 Å². The van der Waals surface area contributed by atoms with E-state index in [9.17, 15) is 24.6 Å². The van der Waals surface area contributed by atoms with Crippen LogP contribution in [0.3, 0.4) is 0 Å². The number of aliphatic hydroxyl groups excluding tert-OH is 1. The molecule has 0 saturated carbocycles. The van der Waals surface area contributed by atoms with Crippen molar-refractivity contribution in [3.05, 3.63) is 36.9 Å². The molecule has 2 N–H and O–H groups in total. The number of rotatable bonds is 12. The van der Waals surface area contributed by atoms with Crippen LogP contribution in [0.15, 0.2) is 36.9 Å². The van der Waals surface area contributed by atoms with Crippen molar-refractivity contribution in [3.8, 4) is 0 Å². The Labute approximate surface area is 225 Å². The van der Waals surface area contributed by atoms with Crippen LogP contribution in [0.5, 0.6) is 0 Å². The van der Waals surface area contributed by atoms with Gasteiger partial charge in [0.05, 0.1) is 30.6 Å². The molecule has 0 aliphatic carbocycles. The number of hydrogen-bond donors (Lipinski definition) is 2. The SMILES string of the molecule is C=CCN(C(=O)C1N([C@@H](CO)CC(C)C)C(=O)[C@@H]2[C@@H](C(=O)O)[C@H]3CCC12O3)c1ccc(N(CC)CC)cc1. The fourth-order valence-corrected chi connectivity index (χ4v) is 6.90. The second kappa shape index (κ2) is 11.1. The lowest BCUT2D eigenvalue weighted by atomic mass is 9.70. The van der Waals surface area contributed by atoms with Gasteiger partial charge in [-0.15, -0.1) is 6.58 Å². The van der Waals surface area contributed by atoms with Gasteiger partial charge in [-0.05, 0) is 63.3 Å². The maximum atomic E-state index is 14.5. The number of carbonyl (C=O) groups excluding carboxylic acids is 2. The molecule has 2 unspecified atom stereocenters. The first kappa shape index (κ1) is 28.1. The van der Waals surface area contributed by atoms with Gasteiger partial charge in [-0.2, -0.15) is 0 Å². The average Bonchev–Trinajstić information content (AvgIpc) is 3.54. The second-order valence-electron chi connectivity index (χ2n) is 11.0. The van der Waals surface area contributed by atoms with Crippen molar-refractivity contribution in [2.75, 3.05) is 36.0 Å². The molecule has 9 nitrogen and oxygen atoms in total. The smallest absolute Gasteiger partial charge is 0.310 e. The van der Waals surface area contributed by atoms with Crippen LogP contribution in [-0.2, 0) is 19.1 Å². The van der Waals surface area contributed by atoms with E-state index in [4.69, 9.17) is 4.74 Å². The van der Waals surface area contributed by atoms with Gasteiger partial charge in [-0.25, -0.2) is 0 Å². The van der Waals surface area contributed by atoms with E-state index in [1.54, 1.807) is 11.0 Å². The summed E-state index contributed by atoms with van der Waals surface area (Å²) >= 11 is 0. The van der Waals surface area contributed by atoms with E-state index in [1.165, 1.54) is 4.90 Å². The van der Waals surface area contributed by atoms with Crippen LogP contribution in [0.1, 0.15) is 47.0 Å². The van der Waals surface area contributed by atoms with Crippen LogP contribution >= 0.6 is 0 Å². The molecule has 3 aliphatic heterocycles. The molecule has 1 spiro atoms. The molecular weight excluding hydrogens is 486 g/mol. The largest absolute Gasteiger partial charge is 0.481 e. The maximum absolute atomic E-state index is 14.5. The van der Waals surface area contributed by atoms with E-state index in [-0.39, 0.29) is 25.0 Å². The summed E-state index contributed by atoms with van der Waals surface area (Å²) in [5.74, 6) is -3.64. The van der Waals surface area contributed by atoms with Crippen LogP contribution in [0, 0.1) is 17.8 Å². The number of carboxylic acid groups (broad SMARTS) is 1. The van der Waals surface area contributed by atoms with Gasteiger partial charge in [0.1, 0.15) is 11.6 Å². The fraction of sp³-hybridized carbons (Fsp3) is 0.621. The number of amides is 2. The molecule has 3 saturated heterocycles. The molecule has 6 atom stereocenters. The van der Waals surface area contributed by atoms with Gasteiger partial charge < -0.3 is 29.6 Å². The van der Waals surface area contributed by atoms with Crippen LogP contribution < -0.4 is 9.80 Å². The van der Waals surface area contributed by atoms with Gasteiger partial charge in [0.25, 0.3) is 5.91 Å². The summed E-state index contributed by atoms with van der Waals surface area (Å²) < 4.78 is 6.33. The highest BCUT2D eigenvalue weighted by Crippen LogP contribution is 2.59. The highest BCUT2D eigenvalue weighted by Gasteiger charge is 2.75. The number of aliphatic carboxylic acids is 1. The van der Waals surface area contributed by atoms with Crippen molar-refractivity contribution in [1.82, 2.24) is 4.90 Å². The second-order valence-corrected chi connectivity index (χ2v) is 11.0. The van der Waals surface area contributed by atoms with Crippen LogP contribution in [0.2, 0.25) is 0 Å². The Morgan fingerprint density at radius 1 is 1.21 bits per heavy atom. The van der Waals surface area contributed by atoms with Crippen molar-refractivity contribution in [2.45, 2.75) is 70.7 Å². The molecule has 1 aromatic rings. The number of fused-ring (bicyclic) bond motifs is 1. The van der Waals surface area contributed by atoms with Crippen LogP contribution in [0.25, 0.3) is 0 Å². The molecule has 208 valence electrons. The Bertz CT molecular complexity index is 1050. The molecule has 0 aromatic heterocycles. The predicted molar refractivity (Wildman–Crippen MR) is 145 cm³/mol. The third kappa shape index (κ3) is 4.49. The molecule has 3 fully saturated rings. The van der Waals surface area contributed by atoms with Crippen LogP contribution in [0.4, 0.5) is 11.4 Å². The van der Waals surface area contributed by atoms with Crippen molar-refractivity contribution < 1.29 is 29.3 Å². The van der Waals surface area contributed by atoms with Crippen molar-refractivity contribution in [2.24, 2.45) is 17.8 Å². The highest BCUT2D eigenvalue weighted by molar-refractivity contribution is 6.04. The Morgan fingerprint density at radius 2 is 1.84 bits per heavy atom. The highest BCUT2D eigenvalue weighted by atomic mass is 16.5. The summed E-state index contributed by atoms with van der Waals surface area (Å²) in [5, 5.41) is 20.4. The van der Waals surface area contributed by atoms with Crippen molar-refractivity contribution >= 4 is 29.2 Å². The number of likely N-dealkylation sites (tertiary alicyclic amines) is 1. The van der Waals surface area contributed by atoms with E-state index in [0.29, 0.717) is 24.9 Å². The summed E-state index contributed by atoms with van der Waals surface area (Å²) in [6, 6.07) is 6.05. The monoisotopic (exact) mass is 527 g/mol. The number of nitrogens with zero attached hydrogens (tertiary/aromatic N) is 3. The zero-order chi connectivity index (χ0) is 27.8. The first-order valence-corrected chi connectivity index (χ1v) is 13.8. The Kier molecular flexibility index (Phi) is 8.18. The number of hydrogen-bond acceptors (Lipinski definition) is 6. The summed E-state index contributed by atoms with van der Waals surface area (Å²) in [4.78, 5) is 46.0. The van der Waals surface area contributed by atoms with Crippen molar-refractivity contribution in [1.29, 1.82) is 0 Å². The van der Waals surface area contributed by atoms with Crippen molar-refractivity contribution in [3.63, 3.8) is 0 Å². The summed E-state index contributed by atoms with van der Waals surface area (Å²) in [7, 11) is 0. The Hall–Kier alpha value is -2.91. The normalized spacial score (nSPS) is 28.5. The lowest BCUT2D eigenvalue weighted by molar-refractivity contribution is -0.151. The fourth-order valence-electron chi connectivity index (χ4n) is 6.90. The van der Waals surface area contributed by atoms with Crippen LogP contribution in [-0.4, -0.2) is 82.9 Å². The third-order valence-corrected chi connectivity index (χ3v) is 8.47. The predicted octanol–water partition coefficient (Wildman–Crippen LogP) is 2.92. The quantitative estimate of drug-likeness (QED) is 0.402. The molecular formula is C29H41N3O6. The minimum Gasteiger partial charge on any atom is -0.481 e. The van der Waals surface area contributed by atoms with Gasteiger partial charge >= 0.3 is 5.97 Å². The maximum Gasteiger partial charge on any atom is 0.310 e. The topological polar surface area (TPSA) is 111 Å². The summed E-state index contributed by atoms with van der Waals surface area (Å²) in [6.07, 6.45) is 2.42. The van der Waals surface area contributed by atoms with Gasteiger partial charge in [-0.3, -0.25) is 14.4 Å². The summed E-state index contributed by atoms with van der Waals surface area (Å²) in [5.41, 5.74) is 0.470. The first-order valence-electron chi connectivity index (χ1n) is 13.8. The van der Waals surface area contributed by atoms with E-state index in [0.717, 1.165) is 18.8 Å². The Morgan fingerprint density at radius 3 is 2.37 bits per heavy atom. The summed E-state index contributed by atoms with van der Waals surface area (Å²) in [6.45, 7) is 13.6. The van der Waals surface area contributed by atoms with Gasteiger partial charge in [0, 0.05) is 31.0 Å². The standard InChI is InChI=1S/C29H41N3O6/c1-6-15-31(20-11-9-19(10-12-20)30(7-2)8-3)27(35)25-29-14-13-22(38-29)23(28(36)37)24(29)26(34)32(25)21(17-33)16-18(4)5/h6,9-12,18,21-25,33H,1,7-8,13-17H2,2-5H3,(H,36,37)/t21-,22-,23+,24+,25?,29?/m1/s1. The minimum atomic E-state index is -1.23. The molecule has 0 radical (unpaired) electrons. The number of benzene rings is 1. The third-order valence-electron chi connectivity index (χ3n) is 8.47. The molecule has 1 aromatic carbocycles. The first-order chi connectivity index (χ1) is 18.1. The lowest BCUT2D eigenvalue weighted by Crippen LogP contribution is -2.59. The van der Waals surface area contributed by atoms with Gasteiger partial charge in [-0.1, -0.05) is 19.9 Å². The van der Waals surface area contributed by atoms with E-state index in [2.05, 4.69) is 25.3 Å². The average molecular weight is 528 g/mol. The molecule has 2 bridgehead atoms. The molecule has 3 heterocycles. The zero-order valence-corrected chi connectivity index (χ0v) is 22.9. The molecule has 2 amide bonds. The number of carbonyl (C=O) groups is 3. The van der Waals surface area contributed by atoms with E-state index >= 15 is 0 Å². The number of aliphatic hydroxyl groups is 1. The molecule has 3 aliphatic rings. The van der Waals surface area contributed by atoms with E-state index in [1.807, 2.05) is 38.1 Å². The Balaban J connectivity index is 1.78. The zero-order valence-electron chi connectivity index (χ0n) is 22.9.